The second-order valence-corrected chi connectivity index (χ2v) is 9.07. The van der Waals surface area contributed by atoms with E-state index in [-0.39, 0.29) is 18.9 Å². The van der Waals surface area contributed by atoms with E-state index in [1.54, 1.807) is 47.9 Å². The third-order valence-corrected chi connectivity index (χ3v) is 6.25. The molecule has 180 valence electrons. The van der Waals surface area contributed by atoms with E-state index in [0.29, 0.717) is 40.9 Å². The molecular weight excluding hydrogens is 467 g/mol. The van der Waals surface area contributed by atoms with Crippen LogP contribution in [0.25, 0.3) is 11.1 Å². The predicted octanol–water partition coefficient (Wildman–Crippen LogP) is 4.00. The third kappa shape index (κ3) is 5.68. The van der Waals surface area contributed by atoms with Crippen molar-refractivity contribution in [3.8, 4) is 11.1 Å². The van der Waals surface area contributed by atoms with Gasteiger partial charge in [0, 0.05) is 43.8 Å². The Kier molecular flexibility index (Phi) is 7.08. The van der Waals surface area contributed by atoms with E-state index in [2.05, 4.69) is 25.3 Å². The van der Waals surface area contributed by atoms with Gasteiger partial charge in [-0.15, -0.1) is 0 Å². The van der Waals surface area contributed by atoms with E-state index in [1.165, 1.54) is 22.9 Å². The van der Waals surface area contributed by atoms with Gasteiger partial charge in [0.15, 0.2) is 0 Å². The molecule has 0 saturated carbocycles. The Morgan fingerprint density at radius 3 is 2.65 bits per heavy atom. The van der Waals surface area contributed by atoms with Crippen LogP contribution in [0.5, 0.6) is 0 Å². The van der Waals surface area contributed by atoms with Gasteiger partial charge in [0.1, 0.15) is 29.3 Å². The molecule has 1 aliphatic rings. The zero-order valence-electron chi connectivity index (χ0n) is 18.6. The van der Waals surface area contributed by atoms with Gasteiger partial charge in [-0.1, -0.05) is 18.9 Å². The van der Waals surface area contributed by atoms with Crippen LogP contribution < -0.4 is 15.8 Å². The molecule has 4 heterocycles. The Hall–Kier alpha value is -3.12. The molecule has 1 unspecified atom stereocenters. The minimum Gasteiger partial charge on any atom is -0.344 e. The Morgan fingerprint density at radius 1 is 1.12 bits per heavy atom. The van der Waals surface area contributed by atoms with Crippen molar-refractivity contribution in [3.63, 3.8) is 0 Å². The Labute approximate surface area is 198 Å². The Bertz CT molecular complexity index is 1200. The number of rotatable bonds is 6. The number of pyridine rings is 2. The third-order valence-electron chi connectivity index (χ3n) is 5.30. The van der Waals surface area contributed by atoms with Crippen molar-refractivity contribution in [2.24, 2.45) is 0 Å². The smallest absolute Gasteiger partial charge is 0.344 e. The van der Waals surface area contributed by atoms with E-state index in [9.17, 15) is 18.0 Å². The molecule has 2 N–H and O–H groups in total. The van der Waals surface area contributed by atoms with Crippen LogP contribution in [0.1, 0.15) is 12.7 Å². The van der Waals surface area contributed by atoms with Crippen LogP contribution >= 0.6 is 11.9 Å². The van der Waals surface area contributed by atoms with Crippen molar-refractivity contribution < 1.29 is 13.2 Å². The highest BCUT2D eigenvalue weighted by Crippen LogP contribution is 2.33. The summed E-state index contributed by atoms with van der Waals surface area (Å²) in [5, 5.41) is 3.08. The molecule has 0 radical (unpaired) electrons. The van der Waals surface area contributed by atoms with E-state index < -0.39 is 17.8 Å². The largest absolute Gasteiger partial charge is 0.410 e. The minimum absolute atomic E-state index is 0.142. The number of aryl methyl sites for hydroxylation is 1. The maximum absolute atomic E-state index is 13.9. The summed E-state index contributed by atoms with van der Waals surface area (Å²) in [5.41, 5.74) is 0.658. The molecule has 3 aromatic rings. The fraction of sp³-hybridized carbons (Fsp3) is 0.364. The Balaban J connectivity index is 1.64. The maximum atomic E-state index is 13.9. The minimum atomic E-state index is -4.44. The molecule has 0 spiro atoms. The molecule has 12 heteroatoms. The average molecular weight is 492 g/mol. The summed E-state index contributed by atoms with van der Waals surface area (Å²) in [7, 11) is 0. The molecule has 4 rings (SSSR count). The molecule has 1 atom stereocenters. The van der Waals surface area contributed by atoms with Crippen LogP contribution in [0, 0.1) is 6.92 Å². The number of anilines is 3. The summed E-state index contributed by atoms with van der Waals surface area (Å²) in [6.07, 6.45) is -1.26. The fourth-order valence-corrected chi connectivity index (χ4v) is 4.63. The molecule has 8 nitrogen and oxygen atoms in total. The summed E-state index contributed by atoms with van der Waals surface area (Å²) in [5.74, 6) is 2.47. The van der Waals surface area contributed by atoms with E-state index in [0.717, 1.165) is 0 Å². The van der Waals surface area contributed by atoms with Crippen LogP contribution in [0.3, 0.4) is 0 Å². The predicted molar refractivity (Wildman–Crippen MR) is 127 cm³/mol. The molecule has 34 heavy (non-hydrogen) atoms. The number of hydrogen-bond donors (Lipinski definition) is 2. The highest BCUT2D eigenvalue weighted by Gasteiger charge is 2.47. The van der Waals surface area contributed by atoms with Crippen LogP contribution in [-0.4, -0.2) is 61.8 Å². The first-order valence-corrected chi connectivity index (χ1v) is 11.7. The number of aromatic nitrogens is 4. The molecule has 0 bridgehead atoms. The molecule has 0 amide bonds. The summed E-state index contributed by atoms with van der Waals surface area (Å²) in [4.78, 5) is 28.9. The number of alkyl halides is 3. The summed E-state index contributed by atoms with van der Waals surface area (Å²) >= 11 is 1.39. The van der Waals surface area contributed by atoms with Gasteiger partial charge in [-0.2, -0.15) is 13.2 Å². The van der Waals surface area contributed by atoms with Crippen molar-refractivity contribution >= 4 is 29.4 Å². The number of aromatic amines is 1. The molecule has 1 fully saturated rings. The normalized spacial score (nSPS) is 17.1. The van der Waals surface area contributed by atoms with Gasteiger partial charge in [-0.25, -0.2) is 19.3 Å². The van der Waals surface area contributed by atoms with Crippen molar-refractivity contribution in [1.82, 2.24) is 24.2 Å². The van der Waals surface area contributed by atoms with E-state index in [4.69, 9.17) is 0 Å². The molecule has 0 aliphatic carbocycles. The summed E-state index contributed by atoms with van der Waals surface area (Å²) < 4.78 is 43.4. The van der Waals surface area contributed by atoms with Crippen molar-refractivity contribution in [2.45, 2.75) is 26.1 Å². The topological polar surface area (TPSA) is 90.0 Å². The van der Waals surface area contributed by atoms with Gasteiger partial charge in [-0.3, -0.25) is 4.79 Å². The van der Waals surface area contributed by atoms with Gasteiger partial charge in [0.2, 0.25) is 5.56 Å². The first-order chi connectivity index (χ1) is 16.2. The lowest BCUT2D eigenvalue weighted by Gasteiger charge is -2.42. The lowest BCUT2D eigenvalue weighted by atomic mass is 10.1. The molecule has 1 aliphatic heterocycles. The molecule has 0 aromatic carbocycles. The quantitative estimate of drug-likeness (QED) is 0.500. The fourth-order valence-electron chi connectivity index (χ4n) is 3.81. The number of nitrogens with one attached hydrogen (secondary N) is 2. The lowest BCUT2D eigenvalue weighted by Crippen LogP contribution is -2.58. The van der Waals surface area contributed by atoms with Crippen LogP contribution in [-0.2, 0) is 0 Å². The average Bonchev–Trinajstić information content (AvgIpc) is 2.78. The molecule has 3 aromatic heterocycles. The van der Waals surface area contributed by atoms with Crippen LogP contribution in [0.4, 0.5) is 30.6 Å². The second-order valence-electron chi connectivity index (χ2n) is 7.72. The zero-order valence-corrected chi connectivity index (χ0v) is 19.5. The maximum Gasteiger partial charge on any atom is 0.410 e. The van der Waals surface area contributed by atoms with Crippen molar-refractivity contribution in [1.29, 1.82) is 0 Å². The number of H-pyrrole nitrogens is 1. The monoisotopic (exact) mass is 491 g/mol. The van der Waals surface area contributed by atoms with Gasteiger partial charge in [0.05, 0.1) is 0 Å². The second kappa shape index (κ2) is 10.0. The standard InChI is InChI=1S/C22H24F3N7OS/c1-3-34-31-8-9-32(17(13-31)22(23,24)25)20-11-16(12-21(33)30-20)15-4-6-27-19(10-15)29-18-5-7-26-14(2)28-18/h4-7,10-12,17H,3,8-9,13H2,1-2H3,(H,30,33)(H,26,27,28,29). The number of piperazine rings is 1. The van der Waals surface area contributed by atoms with Gasteiger partial charge < -0.3 is 15.2 Å². The highest BCUT2D eigenvalue weighted by molar-refractivity contribution is 7.96. The number of halogens is 3. The number of hydrogen-bond acceptors (Lipinski definition) is 8. The zero-order chi connectivity index (χ0) is 24.3. The first-order valence-electron chi connectivity index (χ1n) is 10.7. The van der Waals surface area contributed by atoms with E-state index in [1.807, 2.05) is 6.92 Å². The number of nitrogens with zero attached hydrogens (tertiary/aromatic N) is 5. The van der Waals surface area contributed by atoms with Gasteiger partial charge >= 0.3 is 6.18 Å². The molecule has 1 saturated heterocycles. The van der Waals surface area contributed by atoms with E-state index >= 15 is 0 Å². The summed E-state index contributed by atoms with van der Waals surface area (Å²) in [6.45, 7) is 4.11. The van der Waals surface area contributed by atoms with Crippen LogP contribution in [0.2, 0.25) is 0 Å². The highest BCUT2D eigenvalue weighted by atomic mass is 32.2. The SMILES string of the molecule is CCSN1CCN(c2cc(-c3ccnc(Nc4ccnc(C)n4)c3)cc(=O)[nH]2)C(C(F)(F)F)C1. The lowest BCUT2D eigenvalue weighted by molar-refractivity contribution is -0.153. The van der Waals surface area contributed by atoms with Gasteiger partial charge in [-0.05, 0) is 42.3 Å². The Morgan fingerprint density at radius 2 is 1.91 bits per heavy atom. The molecular formula is C22H24F3N7OS. The van der Waals surface area contributed by atoms with Gasteiger partial charge in [0.25, 0.3) is 0 Å². The van der Waals surface area contributed by atoms with Crippen LogP contribution in [0.15, 0.2) is 47.5 Å². The van der Waals surface area contributed by atoms with Crippen molar-refractivity contribution in [3.05, 3.63) is 58.9 Å². The first kappa shape index (κ1) is 24.0. The summed E-state index contributed by atoms with van der Waals surface area (Å²) in [6, 6.07) is 6.33. The van der Waals surface area contributed by atoms with Crippen molar-refractivity contribution in [2.75, 3.05) is 35.6 Å².